The SMILES string of the molecule is COc1ccc(CCC2(C)C=Cc3cc(NC(=O)c4ccc([N+](=O)[O-])cc4)ccc3O2)cc1. The highest BCUT2D eigenvalue weighted by atomic mass is 16.6. The molecule has 0 radical (unpaired) electrons. The van der Waals surface area contributed by atoms with E-state index in [1.54, 1.807) is 13.2 Å². The summed E-state index contributed by atoms with van der Waals surface area (Å²) in [5, 5.41) is 13.6. The molecule has 4 rings (SSSR count). The van der Waals surface area contributed by atoms with Gasteiger partial charge < -0.3 is 14.8 Å². The second-order valence-corrected chi connectivity index (χ2v) is 8.11. The molecule has 1 aliphatic heterocycles. The number of aryl methyl sites for hydroxylation is 1. The number of nitro groups is 1. The molecule has 0 aromatic heterocycles. The molecule has 1 aliphatic rings. The molecule has 0 bridgehead atoms. The lowest BCUT2D eigenvalue weighted by Gasteiger charge is -2.32. The first-order chi connectivity index (χ1) is 15.8. The van der Waals surface area contributed by atoms with Crippen molar-refractivity contribution < 1.29 is 19.2 Å². The quantitative estimate of drug-likeness (QED) is 0.375. The summed E-state index contributed by atoms with van der Waals surface area (Å²) in [6.45, 7) is 2.06. The zero-order valence-electron chi connectivity index (χ0n) is 18.4. The van der Waals surface area contributed by atoms with Gasteiger partial charge in [-0.1, -0.05) is 18.2 Å². The van der Waals surface area contributed by atoms with Gasteiger partial charge in [-0.2, -0.15) is 0 Å². The number of benzene rings is 3. The predicted molar refractivity (Wildman–Crippen MR) is 127 cm³/mol. The van der Waals surface area contributed by atoms with Gasteiger partial charge in [-0.05, 0) is 73.9 Å². The fourth-order valence-electron chi connectivity index (χ4n) is 3.66. The van der Waals surface area contributed by atoms with Crippen LogP contribution in [0.4, 0.5) is 11.4 Å². The smallest absolute Gasteiger partial charge is 0.269 e. The topological polar surface area (TPSA) is 90.7 Å². The van der Waals surface area contributed by atoms with Crippen LogP contribution in [0.2, 0.25) is 0 Å². The van der Waals surface area contributed by atoms with Crippen LogP contribution in [0.15, 0.2) is 72.8 Å². The maximum Gasteiger partial charge on any atom is 0.269 e. The van der Waals surface area contributed by atoms with Gasteiger partial charge in [0.25, 0.3) is 11.6 Å². The van der Waals surface area contributed by atoms with E-state index in [4.69, 9.17) is 9.47 Å². The third-order valence-corrected chi connectivity index (χ3v) is 5.64. The number of anilines is 1. The Morgan fingerprint density at radius 2 is 1.82 bits per heavy atom. The molecular weight excluding hydrogens is 420 g/mol. The van der Waals surface area contributed by atoms with Crippen LogP contribution in [-0.2, 0) is 6.42 Å². The normalized spacial score (nSPS) is 16.4. The molecule has 1 atom stereocenters. The van der Waals surface area contributed by atoms with Crippen LogP contribution in [0.3, 0.4) is 0 Å². The highest BCUT2D eigenvalue weighted by Crippen LogP contribution is 2.35. The molecule has 0 fully saturated rings. The summed E-state index contributed by atoms with van der Waals surface area (Å²) in [5.74, 6) is 1.25. The Bertz CT molecular complexity index is 1200. The Hall–Kier alpha value is -4.13. The zero-order chi connectivity index (χ0) is 23.4. The van der Waals surface area contributed by atoms with Gasteiger partial charge in [0.1, 0.15) is 17.1 Å². The first kappa shape index (κ1) is 22.1. The molecule has 0 aliphatic carbocycles. The molecule has 0 saturated heterocycles. The second kappa shape index (κ2) is 9.16. The predicted octanol–water partition coefficient (Wildman–Crippen LogP) is 5.65. The molecule has 3 aromatic carbocycles. The van der Waals surface area contributed by atoms with Crippen LogP contribution in [-0.4, -0.2) is 23.5 Å². The number of nitrogens with one attached hydrogen (secondary N) is 1. The summed E-state index contributed by atoms with van der Waals surface area (Å²) >= 11 is 0. The van der Waals surface area contributed by atoms with Gasteiger partial charge in [0.15, 0.2) is 0 Å². The molecule has 1 heterocycles. The molecule has 7 heteroatoms. The van der Waals surface area contributed by atoms with Crippen molar-refractivity contribution in [2.75, 3.05) is 12.4 Å². The number of non-ortho nitro benzene ring substituents is 1. The summed E-state index contributed by atoms with van der Waals surface area (Å²) in [4.78, 5) is 22.8. The van der Waals surface area contributed by atoms with E-state index in [0.717, 1.165) is 29.9 Å². The molecular formula is C26H24N2O5. The van der Waals surface area contributed by atoms with Crippen LogP contribution in [0, 0.1) is 10.1 Å². The van der Waals surface area contributed by atoms with Crippen molar-refractivity contribution in [2.24, 2.45) is 0 Å². The van der Waals surface area contributed by atoms with Crippen LogP contribution in [0.5, 0.6) is 11.5 Å². The summed E-state index contributed by atoms with van der Waals surface area (Å²) in [5.41, 5.74) is 2.56. The number of rotatable bonds is 7. The lowest BCUT2D eigenvalue weighted by molar-refractivity contribution is -0.384. The Morgan fingerprint density at radius 1 is 1.09 bits per heavy atom. The van der Waals surface area contributed by atoms with E-state index in [1.807, 2.05) is 36.4 Å². The molecule has 33 heavy (non-hydrogen) atoms. The van der Waals surface area contributed by atoms with Gasteiger partial charge in [-0.3, -0.25) is 14.9 Å². The summed E-state index contributed by atoms with van der Waals surface area (Å²) < 4.78 is 11.5. The molecule has 1 N–H and O–H groups in total. The highest BCUT2D eigenvalue weighted by Gasteiger charge is 2.27. The van der Waals surface area contributed by atoms with E-state index in [-0.39, 0.29) is 11.6 Å². The number of nitro benzene ring substituents is 1. The summed E-state index contributed by atoms with van der Waals surface area (Å²) in [7, 11) is 1.65. The minimum absolute atomic E-state index is 0.0577. The van der Waals surface area contributed by atoms with Gasteiger partial charge in [0.2, 0.25) is 0 Å². The Kier molecular flexibility index (Phi) is 6.13. The van der Waals surface area contributed by atoms with Gasteiger partial charge >= 0.3 is 0 Å². The fourth-order valence-corrected chi connectivity index (χ4v) is 3.66. The lowest BCUT2D eigenvalue weighted by Crippen LogP contribution is -2.32. The molecule has 168 valence electrons. The monoisotopic (exact) mass is 444 g/mol. The fraction of sp³-hybridized carbons (Fsp3) is 0.192. The van der Waals surface area contributed by atoms with Crippen molar-refractivity contribution in [3.63, 3.8) is 0 Å². The maximum atomic E-state index is 12.5. The van der Waals surface area contributed by atoms with Crippen LogP contribution in [0.25, 0.3) is 6.08 Å². The molecule has 0 saturated carbocycles. The number of methoxy groups -OCH3 is 1. The van der Waals surface area contributed by atoms with Crippen molar-refractivity contribution in [1.82, 2.24) is 0 Å². The molecule has 3 aromatic rings. The molecule has 1 unspecified atom stereocenters. The van der Waals surface area contributed by atoms with Crippen molar-refractivity contribution >= 4 is 23.4 Å². The van der Waals surface area contributed by atoms with E-state index in [2.05, 4.69) is 24.4 Å². The maximum absolute atomic E-state index is 12.5. The van der Waals surface area contributed by atoms with E-state index >= 15 is 0 Å². The summed E-state index contributed by atoms with van der Waals surface area (Å²) in [6.07, 6.45) is 5.73. The number of fused-ring (bicyclic) bond motifs is 1. The van der Waals surface area contributed by atoms with Gasteiger partial charge in [-0.15, -0.1) is 0 Å². The number of amides is 1. The number of ether oxygens (including phenoxy) is 2. The van der Waals surface area contributed by atoms with Gasteiger partial charge in [0, 0.05) is 28.9 Å². The third-order valence-electron chi connectivity index (χ3n) is 5.64. The number of hydrogen-bond acceptors (Lipinski definition) is 5. The largest absolute Gasteiger partial charge is 0.497 e. The first-order valence-corrected chi connectivity index (χ1v) is 10.6. The second-order valence-electron chi connectivity index (χ2n) is 8.11. The van der Waals surface area contributed by atoms with Gasteiger partial charge in [-0.25, -0.2) is 0 Å². The van der Waals surface area contributed by atoms with Crippen LogP contribution < -0.4 is 14.8 Å². The van der Waals surface area contributed by atoms with E-state index in [9.17, 15) is 14.9 Å². The average molecular weight is 444 g/mol. The molecule has 1 amide bonds. The van der Waals surface area contributed by atoms with E-state index in [0.29, 0.717) is 11.3 Å². The van der Waals surface area contributed by atoms with Crippen molar-refractivity contribution in [2.45, 2.75) is 25.4 Å². The Labute approximate surface area is 191 Å². The van der Waals surface area contributed by atoms with Crippen LogP contribution in [0.1, 0.15) is 34.8 Å². The van der Waals surface area contributed by atoms with E-state index in [1.165, 1.54) is 29.8 Å². The van der Waals surface area contributed by atoms with Crippen molar-refractivity contribution in [3.8, 4) is 11.5 Å². The number of hydrogen-bond donors (Lipinski definition) is 1. The minimum atomic E-state index is -0.498. The molecule has 7 nitrogen and oxygen atoms in total. The first-order valence-electron chi connectivity index (χ1n) is 10.6. The average Bonchev–Trinajstić information content (AvgIpc) is 2.83. The number of carbonyl (C=O) groups is 1. The molecule has 0 spiro atoms. The third kappa shape index (κ3) is 5.20. The lowest BCUT2D eigenvalue weighted by atomic mass is 9.93. The number of carbonyl (C=O) groups excluding carboxylic acids is 1. The van der Waals surface area contributed by atoms with E-state index < -0.39 is 10.5 Å². The van der Waals surface area contributed by atoms with Crippen LogP contribution >= 0.6 is 0 Å². The highest BCUT2D eigenvalue weighted by molar-refractivity contribution is 6.04. The van der Waals surface area contributed by atoms with Crippen molar-refractivity contribution in [1.29, 1.82) is 0 Å². The minimum Gasteiger partial charge on any atom is -0.497 e. The van der Waals surface area contributed by atoms with Gasteiger partial charge in [0.05, 0.1) is 12.0 Å². The Morgan fingerprint density at radius 3 is 2.48 bits per heavy atom. The standard InChI is InChI=1S/C26H24N2O5/c1-26(15-13-18-3-10-23(32-2)11-4-18)16-14-20-17-21(7-12-24(20)33-26)27-25(29)19-5-8-22(9-6-19)28(30)31/h3-12,14,16-17H,13,15H2,1-2H3,(H,27,29). The van der Waals surface area contributed by atoms with Crippen molar-refractivity contribution in [3.05, 3.63) is 99.6 Å². The summed E-state index contributed by atoms with van der Waals surface area (Å²) in [6, 6.07) is 19.0. The zero-order valence-corrected chi connectivity index (χ0v) is 18.4. The Balaban J connectivity index is 1.40. The number of nitrogens with zero attached hydrogens (tertiary/aromatic N) is 1.